The molecule has 1 saturated heterocycles. The number of benzene rings is 3. The quantitative estimate of drug-likeness (QED) is 0.297. The third-order valence-corrected chi connectivity index (χ3v) is 7.11. The summed E-state index contributed by atoms with van der Waals surface area (Å²) in [7, 11) is 0. The van der Waals surface area contributed by atoms with Crippen LogP contribution in [0.3, 0.4) is 0 Å². The molecule has 3 aromatic rings. The number of nitrogens with one attached hydrogen (secondary N) is 1. The fourth-order valence-electron chi connectivity index (χ4n) is 2.82. The van der Waals surface area contributed by atoms with Crippen molar-refractivity contribution in [3.63, 3.8) is 0 Å². The highest BCUT2D eigenvalue weighted by molar-refractivity contribution is 9.10. The van der Waals surface area contributed by atoms with E-state index in [9.17, 15) is 4.79 Å². The zero-order valence-electron chi connectivity index (χ0n) is 16.2. The molecule has 0 aliphatic carbocycles. The Labute approximate surface area is 216 Å². The van der Waals surface area contributed by atoms with Crippen LogP contribution in [0.4, 0.5) is 5.69 Å². The van der Waals surface area contributed by atoms with Gasteiger partial charge in [0, 0.05) is 14.5 Å². The van der Waals surface area contributed by atoms with Gasteiger partial charge in [-0.15, -0.1) is 0 Å². The van der Waals surface area contributed by atoms with Crippen LogP contribution in [0.1, 0.15) is 11.1 Å². The minimum Gasteiger partial charge on any atom is -0.488 e. The highest BCUT2D eigenvalue weighted by Crippen LogP contribution is 2.35. The molecule has 1 aliphatic heterocycles. The monoisotopic (exact) mass is 610 g/mol. The summed E-state index contributed by atoms with van der Waals surface area (Å²) in [5.74, 6) is 0.422. The molecule has 1 fully saturated rings. The molecule has 0 radical (unpaired) electrons. The van der Waals surface area contributed by atoms with Gasteiger partial charge in [0.25, 0.3) is 5.91 Å². The Bertz CT molecular complexity index is 1250. The maximum Gasteiger partial charge on any atom is 0.264 e. The summed E-state index contributed by atoms with van der Waals surface area (Å²) < 4.78 is 7.92. The second-order valence-corrected chi connectivity index (χ2v) is 10.3. The van der Waals surface area contributed by atoms with Crippen LogP contribution in [0.15, 0.2) is 79.5 Å². The average molecular weight is 613 g/mol. The van der Waals surface area contributed by atoms with Crippen molar-refractivity contribution in [1.29, 1.82) is 0 Å². The lowest BCUT2D eigenvalue weighted by Gasteiger charge is -2.10. The Balaban J connectivity index is 1.57. The molecule has 0 bridgehead atoms. The molecule has 1 amide bonds. The van der Waals surface area contributed by atoms with Crippen molar-refractivity contribution in [2.24, 2.45) is 4.99 Å². The normalized spacial score (nSPS) is 15.9. The first-order valence-corrected chi connectivity index (χ1v) is 12.5. The Kier molecular flexibility index (Phi) is 7.63. The van der Waals surface area contributed by atoms with Crippen molar-refractivity contribution in [1.82, 2.24) is 5.32 Å². The molecule has 0 unspecified atom stereocenters. The van der Waals surface area contributed by atoms with Gasteiger partial charge in [0.1, 0.15) is 12.4 Å². The van der Waals surface area contributed by atoms with Crippen LogP contribution < -0.4 is 10.1 Å². The van der Waals surface area contributed by atoms with E-state index in [1.54, 1.807) is 24.3 Å². The predicted molar refractivity (Wildman–Crippen MR) is 140 cm³/mol. The lowest BCUT2D eigenvalue weighted by Crippen LogP contribution is -2.19. The molecule has 9 heteroatoms. The first kappa shape index (κ1) is 23.4. The van der Waals surface area contributed by atoms with Gasteiger partial charge >= 0.3 is 0 Å². The van der Waals surface area contributed by atoms with Gasteiger partial charge in [-0.05, 0) is 65.9 Å². The molecule has 0 atom stereocenters. The van der Waals surface area contributed by atoms with Crippen LogP contribution in [0, 0.1) is 0 Å². The van der Waals surface area contributed by atoms with E-state index in [1.807, 2.05) is 42.5 Å². The number of nitrogens with zero attached hydrogens (tertiary/aromatic N) is 1. The van der Waals surface area contributed by atoms with Crippen LogP contribution in [0.5, 0.6) is 5.75 Å². The SMILES string of the molecule is O=C1NC(=Nc2cccc(Cl)c2Cl)S/C1=C/c1cc(Br)ccc1OCc1ccc(Br)cc1. The standard InChI is InChI=1S/C23H14Br2Cl2N2O2S/c24-15-6-4-13(5-7-15)12-31-19-9-8-16(25)10-14(19)11-20-22(30)29-23(32-20)28-18-3-1-2-17(26)21(18)27/h1-11H,12H2,(H,28,29,30)/b20-11+. The topological polar surface area (TPSA) is 50.7 Å². The first-order valence-electron chi connectivity index (χ1n) is 9.29. The summed E-state index contributed by atoms with van der Waals surface area (Å²) >= 11 is 20.4. The Hall–Kier alpha value is -1.77. The lowest BCUT2D eigenvalue weighted by molar-refractivity contribution is -0.115. The average Bonchev–Trinajstić information content (AvgIpc) is 3.11. The number of carbonyl (C=O) groups is 1. The summed E-state index contributed by atoms with van der Waals surface area (Å²) in [5, 5.41) is 3.93. The molecule has 0 saturated carbocycles. The van der Waals surface area contributed by atoms with Crippen LogP contribution in [-0.2, 0) is 11.4 Å². The molecule has 1 aliphatic rings. The Morgan fingerprint density at radius 3 is 2.56 bits per heavy atom. The van der Waals surface area contributed by atoms with Gasteiger partial charge in [-0.1, -0.05) is 73.3 Å². The van der Waals surface area contributed by atoms with Crippen molar-refractivity contribution in [3.05, 3.63) is 95.7 Å². The minimum atomic E-state index is -0.245. The van der Waals surface area contributed by atoms with Gasteiger partial charge in [0.05, 0.1) is 20.6 Å². The highest BCUT2D eigenvalue weighted by atomic mass is 79.9. The van der Waals surface area contributed by atoms with E-state index in [-0.39, 0.29) is 5.91 Å². The van der Waals surface area contributed by atoms with E-state index in [0.717, 1.165) is 20.1 Å². The summed E-state index contributed by atoms with van der Waals surface area (Å²) in [6.07, 6.45) is 1.78. The van der Waals surface area contributed by atoms with Gasteiger partial charge < -0.3 is 10.1 Å². The number of halogens is 4. The third kappa shape index (κ3) is 5.77. The van der Waals surface area contributed by atoms with Gasteiger partial charge in [-0.3, -0.25) is 4.79 Å². The summed E-state index contributed by atoms with van der Waals surface area (Å²) in [6, 6.07) is 18.8. The van der Waals surface area contributed by atoms with Gasteiger partial charge in [0.15, 0.2) is 5.17 Å². The fraction of sp³-hybridized carbons (Fsp3) is 0.0435. The molecular formula is C23H14Br2Cl2N2O2S. The number of amidine groups is 1. The smallest absolute Gasteiger partial charge is 0.264 e. The van der Waals surface area contributed by atoms with Crippen LogP contribution in [0.2, 0.25) is 10.0 Å². The molecule has 4 nitrogen and oxygen atoms in total. The highest BCUT2D eigenvalue weighted by Gasteiger charge is 2.25. The number of ether oxygens (including phenoxy) is 1. The Morgan fingerprint density at radius 1 is 1.03 bits per heavy atom. The second kappa shape index (κ2) is 10.4. The van der Waals surface area contributed by atoms with Gasteiger partial charge in [-0.25, -0.2) is 4.99 Å². The summed E-state index contributed by atoms with van der Waals surface area (Å²) in [6.45, 7) is 0.407. The number of amides is 1. The Morgan fingerprint density at radius 2 is 1.78 bits per heavy atom. The van der Waals surface area contributed by atoms with Crippen molar-refractivity contribution in [3.8, 4) is 5.75 Å². The third-order valence-electron chi connectivity index (χ3n) is 4.37. The van der Waals surface area contributed by atoms with Crippen molar-refractivity contribution in [2.45, 2.75) is 6.61 Å². The zero-order chi connectivity index (χ0) is 22.7. The number of aliphatic imine (C=N–C) groups is 1. The number of thioether (sulfide) groups is 1. The van der Waals surface area contributed by atoms with Gasteiger partial charge in [-0.2, -0.15) is 0 Å². The first-order chi connectivity index (χ1) is 15.4. The molecular weight excluding hydrogens is 599 g/mol. The fourth-order valence-corrected chi connectivity index (χ4v) is 4.62. The number of hydrogen-bond donors (Lipinski definition) is 1. The predicted octanol–water partition coefficient (Wildman–Crippen LogP) is 7.99. The largest absolute Gasteiger partial charge is 0.488 e. The van der Waals surface area contributed by atoms with Crippen molar-refractivity contribution < 1.29 is 9.53 Å². The number of hydrogen-bond acceptors (Lipinski definition) is 4. The minimum absolute atomic E-state index is 0.245. The van der Waals surface area contributed by atoms with Crippen molar-refractivity contribution in [2.75, 3.05) is 0 Å². The van der Waals surface area contributed by atoms with Crippen molar-refractivity contribution >= 4 is 89.7 Å². The lowest BCUT2D eigenvalue weighted by atomic mass is 10.2. The molecule has 1 heterocycles. The van der Waals surface area contributed by atoms with E-state index >= 15 is 0 Å². The van der Waals surface area contributed by atoms with Crippen LogP contribution >= 0.6 is 66.8 Å². The van der Waals surface area contributed by atoms with Gasteiger partial charge in [0.2, 0.25) is 0 Å². The maximum absolute atomic E-state index is 12.5. The molecule has 162 valence electrons. The maximum atomic E-state index is 12.5. The molecule has 3 aromatic carbocycles. The summed E-state index contributed by atoms with van der Waals surface area (Å²) in [4.78, 5) is 17.5. The van der Waals surface area contributed by atoms with E-state index in [1.165, 1.54) is 11.8 Å². The summed E-state index contributed by atoms with van der Waals surface area (Å²) in [5.41, 5.74) is 2.30. The molecule has 1 N–H and O–H groups in total. The van der Waals surface area contributed by atoms with Crippen LogP contribution in [-0.4, -0.2) is 11.1 Å². The molecule has 0 spiro atoms. The zero-order valence-corrected chi connectivity index (χ0v) is 21.7. The molecule has 0 aromatic heterocycles. The molecule has 32 heavy (non-hydrogen) atoms. The molecule has 4 rings (SSSR count). The second-order valence-electron chi connectivity index (χ2n) is 6.65. The van der Waals surface area contributed by atoms with E-state index < -0.39 is 0 Å². The number of carbonyl (C=O) groups excluding carboxylic acids is 1. The number of rotatable bonds is 5. The van der Waals surface area contributed by atoms with E-state index in [4.69, 9.17) is 27.9 Å². The van der Waals surface area contributed by atoms with Crippen LogP contribution in [0.25, 0.3) is 6.08 Å². The van der Waals surface area contributed by atoms with E-state index in [0.29, 0.717) is 38.2 Å². The van der Waals surface area contributed by atoms with E-state index in [2.05, 4.69) is 42.2 Å².